The maximum atomic E-state index is 11.8. The summed E-state index contributed by atoms with van der Waals surface area (Å²) >= 11 is 13.6. The molecule has 3 heterocycles. The Labute approximate surface area is 202 Å². The molecule has 0 radical (unpaired) electrons. The van der Waals surface area contributed by atoms with Gasteiger partial charge in [-0.05, 0) is 48.0 Å². The Kier molecular flexibility index (Phi) is 5.95. The summed E-state index contributed by atoms with van der Waals surface area (Å²) < 4.78 is 7.20. The number of aromatic nitrogens is 2. The summed E-state index contributed by atoms with van der Waals surface area (Å²) in [6.07, 6.45) is 5.06. The molecule has 1 aliphatic heterocycles. The van der Waals surface area contributed by atoms with E-state index in [0.717, 1.165) is 16.8 Å². The lowest BCUT2D eigenvalue weighted by atomic mass is 10.1. The van der Waals surface area contributed by atoms with Crippen molar-refractivity contribution >= 4 is 58.0 Å². The van der Waals surface area contributed by atoms with Crippen molar-refractivity contribution < 1.29 is 9.53 Å². The number of carbonyl (C=O) groups is 1. The van der Waals surface area contributed by atoms with E-state index in [0.29, 0.717) is 32.0 Å². The molecule has 2 aromatic carbocycles. The fraction of sp³-hybridized carbons (Fsp3) is 0.0435. The summed E-state index contributed by atoms with van der Waals surface area (Å²) in [6.45, 7) is 0.00683. The average molecular weight is 496 g/mol. The van der Waals surface area contributed by atoms with Crippen LogP contribution < -0.4 is 14.9 Å². The topological polar surface area (TPSA) is 80.9 Å². The van der Waals surface area contributed by atoms with Gasteiger partial charge in [-0.25, -0.2) is 9.67 Å². The molecule has 10 heteroatoms. The number of pyridine rings is 1. The number of thiazole rings is 1. The summed E-state index contributed by atoms with van der Waals surface area (Å²) in [5.74, 6) is 0.433. The first-order valence-corrected chi connectivity index (χ1v) is 11.4. The van der Waals surface area contributed by atoms with Crippen LogP contribution in [-0.4, -0.2) is 28.4 Å². The van der Waals surface area contributed by atoms with Crippen LogP contribution in [-0.2, 0) is 4.79 Å². The number of nitrogens with one attached hydrogen (secondary N) is 1. The maximum absolute atomic E-state index is 11.8. The molecule has 0 bridgehead atoms. The summed E-state index contributed by atoms with van der Waals surface area (Å²) in [4.78, 5) is 21.2. The second-order valence-electron chi connectivity index (χ2n) is 7.00. The fourth-order valence-electron chi connectivity index (χ4n) is 3.18. The number of amides is 1. The number of anilines is 1. The Morgan fingerprint density at radius 2 is 2.06 bits per heavy atom. The van der Waals surface area contributed by atoms with Crippen LogP contribution in [0, 0.1) is 0 Å². The number of ether oxygens (including phenoxy) is 1. The number of carbonyl (C=O) groups excluding carboxylic acids is 1. The molecule has 1 aliphatic rings. The molecule has 0 aliphatic carbocycles. The van der Waals surface area contributed by atoms with Gasteiger partial charge in [0.05, 0.1) is 39.5 Å². The maximum Gasteiger partial charge on any atom is 0.262 e. The molecule has 0 spiro atoms. The van der Waals surface area contributed by atoms with Crippen molar-refractivity contribution in [3.05, 3.63) is 86.7 Å². The van der Waals surface area contributed by atoms with Gasteiger partial charge in [0.25, 0.3) is 5.91 Å². The van der Waals surface area contributed by atoms with Crippen molar-refractivity contribution in [2.75, 3.05) is 11.9 Å². The molecule has 2 aromatic heterocycles. The van der Waals surface area contributed by atoms with Gasteiger partial charge in [-0.15, -0.1) is 11.3 Å². The van der Waals surface area contributed by atoms with Gasteiger partial charge in [0.2, 0.25) is 4.80 Å². The lowest BCUT2D eigenvalue weighted by molar-refractivity contribution is -0.118. The molecule has 1 amide bonds. The third kappa shape index (κ3) is 4.68. The zero-order valence-corrected chi connectivity index (χ0v) is 19.2. The monoisotopic (exact) mass is 495 g/mol. The van der Waals surface area contributed by atoms with Crippen LogP contribution in [0.15, 0.2) is 76.4 Å². The van der Waals surface area contributed by atoms with Crippen LogP contribution in [0.25, 0.3) is 11.3 Å². The highest BCUT2D eigenvalue weighted by Crippen LogP contribution is 2.33. The number of nitrogens with zero attached hydrogens (tertiary/aromatic N) is 4. The van der Waals surface area contributed by atoms with Crippen molar-refractivity contribution in [1.29, 1.82) is 0 Å². The molecular formula is C23H15Cl2N5O2S. The number of rotatable bonds is 4. The molecular weight excluding hydrogens is 481 g/mol. The van der Waals surface area contributed by atoms with Gasteiger partial charge in [-0.3, -0.25) is 9.78 Å². The average Bonchev–Trinajstić information content (AvgIpc) is 3.22. The van der Waals surface area contributed by atoms with Crippen LogP contribution in [0.5, 0.6) is 5.75 Å². The number of hydrogen-bond acceptors (Lipinski definition) is 6. The van der Waals surface area contributed by atoms with Crippen molar-refractivity contribution in [3.63, 3.8) is 0 Å². The quantitative estimate of drug-likeness (QED) is 0.386. The summed E-state index contributed by atoms with van der Waals surface area (Å²) in [5.41, 5.74) is 3.74. The number of halogens is 2. The smallest absolute Gasteiger partial charge is 0.262 e. The molecule has 7 nitrogen and oxygen atoms in total. The van der Waals surface area contributed by atoms with Crippen LogP contribution in [0.4, 0.5) is 11.4 Å². The zero-order chi connectivity index (χ0) is 22.8. The van der Waals surface area contributed by atoms with Gasteiger partial charge < -0.3 is 10.1 Å². The summed E-state index contributed by atoms with van der Waals surface area (Å²) in [5, 5.41) is 10.4. The third-order valence-electron chi connectivity index (χ3n) is 4.73. The molecule has 33 heavy (non-hydrogen) atoms. The molecule has 0 unspecified atom stereocenters. The molecule has 0 saturated heterocycles. The molecule has 1 N–H and O–H groups in total. The van der Waals surface area contributed by atoms with Crippen LogP contribution in [0.3, 0.4) is 0 Å². The lowest BCUT2D eigenvalue weighted by Gasteiger charge is -2.18. The van der Waals surface area contributed by atoms with E-state index in [1.54, 1.807) is 35.4 Å². The molecule has 5 rings (SSSR count). The van der Waals surface area contributed by atoms with E-state index in [9.17, 15) is 4.79 Å². The second kappa shape index (κ2) is 9.19. The highest BCUT2D eigenvalue weighted by molar-refractivity contribution is 7.07. The van der Waals surface area contributed by atoms with E-state index in [1.807, 2.05) is 41.8 Å². The minimum Gasteiger partial charge on any atom is -0.482 e. The number of fused-ring (bicyclic) bond motifs is 1. The van der Waals surface area contributed by atoms with Crippen molar-refractivity contribution in [2.24, 2.45) is 10.1 Å². The molecule has 0 saturated carbocycles. The Bertz CT molecular complexity index is 1450. The molecule has 0 atom stereocenters. The molecule has 164 valence electrons. The number of benzene rings is 2. The zero-order valence-electron chi connectivity index (χ0n) is 16.9. The standard InChI is InChI=1S/C23H15Cl2N5O2S/c24-17-5-3-14(8-18(17)25)10-27-30-20(13-33-23(30)28-16-2-1-7-26-11-16)15-4-6-21-19(9-15)29-22(31)12-32-21/h1-11,13H,12H2,(H,29,31). The Morgan fingerprint density at radius 3 is 2.88 bits per heavy atom. The predicted octanol–water partition coefficient (Wildman–Crippen LogP) is 5.36. The highest BCUT2D eigenvalue weighted by Gasteiger charge is 2.18. The van der Waals surface area contributed by atoms with Gasteiger partial charge in [0, 0.05) is 17.1 Å². The molecule has 0 fully saturated rings. The third-order valence-corrected chi connectivity index (χ3v) is 6.29. The van der Waals surface area contributed by atoms with Crippen LogP contribution in [0.2, 0.25) is 10.0 Å². The fourth-order valence-corrected chi connectivity index (χ4v) is 4.34. The van der Waals surface area contributed by atoms with E-state index < -0.39 is 0 Å². The van der Waals surface area contributed by atoms with Crippen LogP contribution in [0.1, 0.15) is 5.56 Å². The lowest BCUT2D eigenvalue weighted by Crippen LogP contribution is -2.25. The van der Waals surface area contributed by atoms with E-state index in [2.05, 4.69) is 15.4 Å². The van der Waals surface area contributed by atoms with E-state index in [4.69, 9.17) is 32.9 Å². The Morgan fingerprint density at radius 1 is 1.15 bits per heavy atom. The SMILES string of the molecule is O=C1COc2ccc(-c3csc(=Nc4cccnc4)n3N=Cc3ccc(Cl)c(Cl)c3)cc2N1. The van der Waals surface area contributed by atoms with Crippen molar-refractivity contribution in [2.45, 2.75) is 0 Å². The van der Waals surface area contributed by atoms with Crippen LogP contribution >= 0.6 is 34.5 Å². The predicted molar refractivity (Wildman–Crippen MR) is 131 cm³/mol. The van der Waals surface area contributed by atoms with Gasteiger partial charge in [-0.2, -0.15) is 5.10 Å². The Balaban J connectivity index is 1.62. The summed E-state index contributed by atoms with van der Waals surface area (Å²) in [6, 6.07) is 14.6. The van der Waals surface area contributed by atoms with E-state index in [-0.39, 0.29) is 12.5 Å². The normalized spacial score (nSPS) is 13.6. The van der Waals surface area contributed by atoms with Gasteiger partial charge in [0.1, 0.15) is 5.75 Å². The van der Waals surface area contributed by atoms with Gasteiger partial charge in [-0.1, -0.05) is 29.3 Å². The van der Waals surface area contributed by atoms with E-state index in [1.165, 1.54) is 11.3 Å². The highest BCUT2D eigenvalue weighted by atomic mass is 35.5. The van der Waals surface area contributed by atoms with Gasteiger partial charge >= 0.3 is 0 Å². The largest absolute Gasteiger partial charge is 0.482 e. The molecule has 4 aromatic rings. The first-order valence-electron chi connectivity index (χ1n) is 9.78. The minimum absolute atomic E-state index is 0.00683. The van der Waals surface area contributed by atoms with Crippen molar-refractivity contribution in [1.82, 2.24) is 9.66 Å². The summed E-state index contributed by atoms with van der Waals surface area (Å²) in [7, 11) is 0. The first-order chi connectivity index (χ1) is 16.1. The minimum atomic E-state index is -0.192. The Hall–Kier alpha value is -3.46. The van der Waals surface area contributed by atoms with Crippen molar-refractivity contribution in [3.8, 4) is 17.0 Å². The number of hydrogen-bond donors (Lipinski definition) is 1. The van der Waals surface area contributed by atoms with E-state index >= 15 is 0 Å². The second-order valence-corrected chi connectivity index (χ2v) is 8.66. The first kappa shape index (κ1) is 21.4. The van der Waals surface area contributed by atoms with Gasteiger partial charge in [0.15, 0.2) is 6.61 Å².